The Kier molecular flexibility index (Phi) is 3.74. The van der Waals surface area contributed by atoms with E-state index in [4.69, 9.17) is 29.6 Å². The van der Waals surface area contributed by atoms with Crippen molar-refractivity contribution in [2.45, 2.75) is 0 Å². The summed E-state index contributed by atoms with van der Waals surface area (Å²) in [6.07, 6.45) is 1.58. The van der Waals surface area contributed by atoms with Gasteiger partial charge in [0.25, 0.3) is 0 Å². The third-order valence-electron chi connectivity index (χ3n) is 2.18. The van der Waals surface area contributed by atoms with E-state index in [1.165, 1.54) is 12.1 Å². The van der Waals surface area contributed by atoms with Crippen molar-refractivity contribution in [1.29, 1.82) is 0 Å². The van der Waals surface area contributed by atoms with Gasteiger partial charge in [-0.05, 0) is 30.3 Å². The van der Waals surface area contributed by atoms with E-state index in [2.05, 4.69) is 10.3 Å². The minimum atomic E-state index is -0.425. The van der Waals surface area contributed by atoms with Crippen molar-refractivity contribution in [3.8, 4) is 0 Å². The number of hydrogen-bond donors (Lipinski definition) is 2. The molecule has 3 N–H and O–H groups in total. The maximum absolute atomic E-state index is 13.2. The fourth-order valence-corrected chi connectivity index (χ4v) is 1.87. The molecule has 0 saturated carbocycles. The lowest BCUT2D eigenvalue weighted by Gasteiger charge is -2.10. The van der Waals surface area contributed by atoms with Crippen molar-refractivity contribution in [2.75, 3.05) is 5.32 Å². The first-order chi connectivity index (χ1) is 8.56. The molecular weight excluding hydrogens is 273 g/mol. The quantitative estimate of drug-likeness (QED) is 0.848. The fourth-order valence-electron chi connectivity index (χ4n) is 1.48. The van der Waals surface area contributed by atoms with Crippen molar-refractivity contribution in [3.05, 3.63) is 53.1 Å². The molecule has 6 heteroatoms. The van der Waals surface area contributed by atoms with Gasteiger partial charge in [-0.1, -0.05) is 23.8 Å². The molecule has 0 unspecified atom stereocenters. The molecule has 0 amide bonds. The van der Waals surface area contributed by atoms with Crippen LogP contribution in [-0.4, -0.2) is 9.97 Å². The summed E-state index contributed by atoms with van der Waals surface area (Å²) < 4.78 is 13.2. The number of rotatable bonds is 3. The van der Waals surface area contributed by atoms with Gasteiger partial charge in [0.1, 0.15) is 16.5 Å². The Bertz CT molecular complexity index is 583. The highest BCUT2D eigenvalue weighted by Gasteiger charge is 2.07. The number of hydrogen-bond acceptors (Lipinski definition) is 3. The summed E-state index contributed by atoms with van der Waals surface area (Å²) in [6, 6.07) is 7.62. The Labute approximate surface area is 114 Å². The lowest BCUT2D eigenvalue weighted by atomic mass is 10.2. The molecule has 1 aromatic carbocycles. The Balaban J connectivity index is 2.37. The van der Waals surface area contributed by atoms with Gasteiger partial charge in [0.2, 0.25) is 0 Å². The van der Waals surface area contributed by atoms with Crippen molar-refractivity contribution >= 4 is 40.2 Å². The Morgan fingerprint density at radius 3 is 2.83 bits per heavy atom. The zero-order chi connectivity index (χ0) is 13.1. The van der Waals surface area contributed by atoms with E-state index >= 15 is 0 Å². The highest BCUT2D eigenvalue weighted by Crippen LogP contribution is 2.23. The average molecular weight is 282 g/mol. The van der Waals surface area contributed by atoms with Gasteiger partial charge in [-0.2, -0.15) is 0 Å². The lowest BCUT2D eigenvalue weighted by Crippen LogP contribution is -2.13. The first-order valence-corrected chi connectivity index (χ1v) is 5.83. The van der Waals surface area contributed by atoms with Crippen molar-refractivity contribution < 1.29 is 4.39 Å². The zero-order valence-corrected chi connectivity index (χ0v) is 10.7. The first kappa shape index (κ1) is 12.7. The van der Waals surface area contributed by atoms with Gasteiger partial charge in [-0.3, -0.25) is 4.98 Å². The molecule has 0 aliphatic carbocycles. The Morgan fingerprint density at radius 1 is 1.39 bits per heavy atom. The number of benzene rings is 1. The third-order valence-corrected chi connectivity index (χ3v) is 2.59. The molecule has 18 heavy (non-hydrogen) atoms. The van der Waals surface area contributed by atoms with E-state index in [-0.39, 0.29) is 4.99 Å². The largest absolute Gasteiger partial charge is 0.388 e. The summed E-state index contributed by atoms with van der Waals surface area (Å²) in [5, 5.41) is 3.29. The fraction of sp³-hybridized carbons (Fsp3) is 0. The minimum Gasteiger partial charge on any atom is -0.388 e. The molecule has 0 atom stereocenters. The van der Waals surface area contributed by atoms with E-state index in [1.807, 2.05) is 0 Å². The normalized spacial score (nSPS) is 10.1. The van der Waals surface area contributed by atoms with Crippen LogP contribution in [0.15, 0.2) is 36.5 Å². The second-order valence-corrected chi connectivity index (χ2v) is 4.42. The van der Waals surface area contributed by atoms with Gasteiger partial charge in [0, 0.05) is 16.9 Å². The van der Waals surface area contributed by atoms with Gasteiger partial charge < -0.3 is 11.1 Å². The van der Waals surface area contributed by atoms with Crippen molar-refractivity contribution in [1.82, 2.24) is 4.98 Å². The maximum Gasteiger partial charge on any atom is 0.126 e. The number of nitrogens with one attached hydrogen (secondary N) is 1. The Morgan fingerprint density at radius 2 is 2.17 bits per heavy atom. The second-order valence-electron chi connectivity index (χ2n) is 3.55. The van der Waals surface area contributed by atoms with Crippen molar-refractivity contribution in [3.63, 3.8) is 0 Å². The molecule has 0 radical (unpaired) electrons. The zero-order valence-electron chi connectivity index (χ0n) is 9.15. The van der Waals surface area contributed by atoms with Crippen LogP contribution in [0, 0.1) is 5.82 Å². The van der Waals surface area contributed by atoms with E-state index < -0.39 is 5.82 Å². The van der Waals surface area contributed by atoms with E-state index in [0.717, 1.165) is 0 Å². The molecule has 2 rings (SSSR count). The number of nitrogens with zero attached hydrogens (tertiary/aromatic N) is 1. The monoisotopic (exact) mass is 281 g/mol. The predicted molar refractivity (Wildman–Crippen MR) is 74.8 cm³/mol. The molecule has 0 saturated heterocycles. The molecular formula is C12H9ClFN3S. The molecule has 0 spiro atoms. The number of nitrogens with two attached hydrogens (primary N) is 1. The van der Waals surface area contributed by atoms with Crippen LogP contribution in [0.3, 0.4) is 0 Å². The molecule has 0 bridgehead atoms. The summed E-state index contributed by atoms with van der Waals surface area (Å²) in [5.74, 6) is -0.425. The summed E-state index contributed by atoms with van der Waals surface area (Å²) >= 11 is 10.7. The van der Waals surface area contributed by atoms with Crippen LogP contribution in [0.2, 0.25) is 5.02 Å². The highest BCUT2D eigenvalue weighted by molar-refractivity contribution is 7.80. The number of thiocarbonyl (C=S) groups is 1. The molecule has 0 aliphatic rings. The Hall–Kier alpha value is -1.72. The van der Waals surface area contributed by atoms with Crippen LogP contribution >= 0.6 is 23.8 Å². The van der Waals surface area contributed by atoms with Crippen LogP contribution in [0.4, 0.5) is 15.8 Å². The number of pyridine rings is 1. The van der Waals surface area contributed by atoms with Crippen LogP contribution in [0.25, 0.3) is 0 Å². The van der Waals surface area contributed by atoms with Crippen LogP contribution in [0.1, 0.15) is 5.69 Å². The highest BCUT2D eigenvalue weighted by atomic mass is 35.5. The summed E-state index contributed by atoms with van der Waals surface area (Å²) in [7, 11) is 0. The van der Waals surface area contributed by atoms with E-state index in [0.29, 0.717) is 22.1 Å². The lowest BCUT2D eigenvalue weighted by molar-refractivity contribution is 0.628. The van der Waals surface area contributed by atoms with Crippen molar-refractivity contribution in [2.24, 2.45) is 5.73 Å². The smallest absolute Gasteiger partial charge is 0.126 e. The topological polar surface area (TPSA) is 50.9 Å². The summed E-state index contributed by atoms with van der Waals surface area (Å²) in [6.45, 7) is 0. The first-order valence-electron chi connectivity index (χ1n) is 5.04. The number of halogens is 2. The molecule has 92 valence electrons. The average Bonchev–Trinajstić information content (AvgIpc) is 2.27. The predicted octanol–water partition coefficient (Wildman–Crippen LogP) is 3.25. The van der Waals surface area contributed by atoms with Gasteiger partial charge in [-0.25, -0.2) is 4.39 Å². The molecule has 0 fully saturated rings. The molecule has 1 aromatic heterocycles. The van der Waals surface area contributed by atoms with Gasteiger partial charge >= 0.3 is 0 Å². The molecule has 3 nitrogen and oxygen atoms in total. The maximum atomic E-state index is 13.2. The summed E-state index contributed by atoms with van der Waals surface area (Å²) in [5.41, 5.74) is 7.12. The van der Waals surface area contributed by atoms with Crippen LogP contribution in [-0.2, 0) is 0 Å². The third kappa shape index (κ3) is 2.94. The molecule has 2 aromatic rings. The number of aromatic nitrogens is 1. The summed E-state index contributed by atoms with van der Waals surface area (Å²) in [4.78, 5) is 4.23. The van der Waals surface area contributed by atoms with Crippen LogP contribution < -0.4 is 11.1 Å². The van der Waals surface area contributed by atoms with E-state index in [9.17, 15) is 4.39 Å². The van der Waals surface area contributed by atoms with E-state index in [1.54, 1.807) is 24.4 Å². The second kappa shape index (κ2) is 5.29. The standard InChI is InChI=1S/C12H9ClFN3S/c13-7-4-8(14)6-9(5-7)17-10-2-1-3-16-11(10)12(15)18/h1-6,17H,(H2,15,18). The SMILES string of the molecule is NC(=S)c1ncccc1Nc1cc(F)cc(Cl)c1. The van der Waals surface area contributed by atoms with Gasteiger partial charge in [-0.15, -0.1) is 0 Å². The van der Waals surface area contributed by atoms with Gasteiger partial charge in [0.15, 0.2) is 0 Å². The molecule has 1 heterocycles. The molecule has 0 aliphatic heterocycles. The van der Waals surface area contributed by atoms with Crippen LogP contribution in [0.5, 0.6) is 0 Å². The van der Waals surface area contributed by atoms with Gasteiger partial charge in [0.05, 0.1) is 5.69 Å². The minimum absolute atomic E-state index is 0.167. The number of anilines is 2.